The predicted octanol–water partition coefficient (Wildman–Crippen LogP) is 3.30. The molecule has 106 valence electrons. The first-order chi connectivity index (χ1) is 10.2. The molecular weight excluding hydrogens is 266 g/mol. The quantitative estimate of drug-likeness (QED) is 0.797. The van der Waals surface area contributed by atoms with E-state index in [4.69, 9.17) is 15.0 Å². The fraction of sp³-hybridized carbons (Fsp3) is 0.125. The van der Waals surface area contributed by atoms with Crippen molar-refractivity contribution in [3.63, 3.8) is 0 Å². The molecule has 0 bridgehead atoms. The molecule has 0 saturated carbocycles. The Morgan fingerprint density at radius 2 is 1.86 bits per heavy atom. The summed E-state index contributed by atoms with van der Waals surface area (Å²) in [7, 11) is 1.62. The number of methoxy groups -OCH3 is 1. The highest BCUT2D eigenvalue weighted by Crippen LogP contribution is 2.41. The van der Waals surface area contributed by atoms with Gasteiger partial charge >= 0.3 is 0 Å². The van der Waals surface area contributed by atoms with Crippen LogP contribution in [0.4, 0.5) is 5.82 Å². The van der Waals surface area contributed by atoms with Crippen LogP contribution in [0.3, 0.4) is 0 Å². The number of nitrogen functional groups attached to an aromatic ring is 1. The molecule has 0 aliphatic carbocycles. The number of ether oxygens (including phenoxy) is 1. The molecule has 0 unspecified atom stereocenters. The molecule has 0 atom stereocenters. The summed E-state index contributed by atoms with van der Waals surface area (Å²) in [6.45, 7) is 1.92. The summed E-state index contributed by atoms with van der Waals surface area (Å²) in [4.78, 5) is 4.28. The third kappa shape index (κ3) is 2.23. The summed E-state index contributed by atoms with van der Waals surface area (Å²) < 4.78 is 10.9. The fourth-order valence-electron chi connectivity index (χ4n) is 2.32. The average molecular weight is 281 g/mol. The summed E-state index contributed by atoms with van der Waals surface area (Å²) in [6.07, 6.45) is 1.74. The molecule has 5 nitrogen and oxygen atoms in total. The van der Waals surface area contributed by atoms with Crippen LogP contribution in [-0.4, -0.2) is 17.3 Å². The molecule has 0 radical (unpaired) electrons. The zero-order chi connectivity index (χ0) is 14.8. The Bertz CT molecular complexity index is 781. The second-order valence-electron chi connectivity index (χ2n) is 4.61. The Morgan fingerprint density at radius 1 is 1.10 bits per heavy atom. The highest BCUT2D eigenvalue weighted by Gasteiger charge is 2.21. The minimum Gasteiger partial charge on any atom is -0.496 e. The first-order valence-electron chi connectivity index (χ1n) is 6.53. The van der Waals surface area contributed by atoms with E-state index in [9.17, 15) is 0 Å². The Kier molecular flexibility index (Phi) is 3.31. The van der Waals surface area contributed by atoms with Crippen LogP contribution < -0.4 is 10.5 Å². The van der Waals surface area contributed by atoms with Gasteiger partial charge in [-0.15, -0.1) is 0 Å². The summed E-state index contributed by atoms with van der Waals surface area (Å²) in [5, 5.41) is 3.91. The number of anilines is 1. The van der Waals surface area contributed by atoms with Gasteiger partial charge in [-0.1, -0.05) is 23.4 Å². The van der Waals surface area contributed by atoms with Crippen LogP contribution in [0.1, 0.15) is 5.69 Å². The summed E-state index contributed by atoms with van der Waals surface area (Å²) in [5.41, 5.74) is 9.29. The minimum atomic E-state index is 0.331. The van der Waals surface area contributed by atoms with Crippen LogP contribution in [0.2, 0.25) is 0 Å². The fourth-order valence-corrected chi connectivity index (χ4v) is 2.32. The SMILES string of the molecule is COc1ccccc1-c1c(N)noc1-c1cccnc1C. The topological polar surface area (TPSA) is 74.2 Å². The van der Waals surface area contributed by atoms with E-state index in [1.54, 1.807) is 13.3 Å². The summed E-state index contributed by atoms with van der Waals surface area (Å²) >= 11 is 0. The van der Waals surface area contributed by atoms with Gasteiger partial charge in [-0.25, -0.2) is 0 Å². The van der Waals surface area contributed by atoms with Gasteiger partial charge in [-0.2, -0.15) is 0 Å². The van der Waals surface area contributed by atoms with E-state index >= 15 is 0 Å². The van der Waals surface area contributed by atoms with E-state index in [-0.39, 0.29) is 0 Å². The number of nitrogens with zero attached hydrogens (tertiary/aromatic N) is 2. The van der Waals surface area contributed by atoms with Crippen molar-refractivity contribution in [3.8, 4) is 28.2 Å². The number of benzene rings is 1. The number of hydrogen-bond donors (Lipinski definition) is 1. The lowest BCUT2D eigenvalue weighted by Gasteiger charge is -2.09. The van der Waals surface area contributed by atoms with Crippen molar-refractivity contribution in [1.29, 1.82) is 0 Å². The third-order valence-corrected chi connectivity index (χ3v) is 3.35. The zero-order valence-electron chi connectivity index (χ0n) is 11.8. The molecule has 3 rings (SSSR count). The van der Waals surface area contributed by atoms with Gasteiger partial charge in [0.1, 0.15) is 5.75 Å². The highest BCUT2D eigenvalue weighted by molar-refractivity contribution is 5.89. The summed E-state index contributed by atoms with van der Waals surface area (Å²) in [5.74, 6) is 1.65. The average Bonchev–Trinajstić information content (AvgIpc) is 2.89. The Balaban J connectivity index is 2.25. The van der Waals surface area contributed by atoms with Crippen LogP contribution in [0, 0.1) is 6.92 Å². The number of rotatable bonds is 3. The molecule has 21 heavy (non-hydrogen) atoms. The highest BCUT2D eigenvalue weighted by atomic mass is 16.5. The molecule has 2 heterocycles. The normalized spacial score (nSPS) is 10.6. The Labute approximate surface area is 122 Å². The second-order valence-corrected chi connectivity index (χ2v) is 4.61. The van der Waals surface area contributed by atoms with E-state index in [2.05, 4.69) is 10.1 Å². The molecule has 0 saturated heterocycles. The van der Waals surface area contributed by atoms with Crippen molar-refractivity contribution >= 4 is 5.82 Å². The van der Waals surface area contributed by atoms with Crippen LogP contribution in [0.5, 0.6) is 5.75 Å². The van der Waals surface area contributed by atoms with Crippen molar-refractivity contribution in [2.75, 3.05) is 12.8 Å². The minimum absolute atomic E-state index is 0.331. The number of hydrogen-bond acceptors (Lipinski definition) is 5. The Hall–Kier alpha value is -2.82. The molecule has 0 aliphatic heterocycles. The van der Waals surface area contributed by atoms with Gasteiger partial charge < -0.3 is 15.0 Å². The van der Waals surface area contributed by atoms with Crippen molar-refractivity contribution in [2.45, 2.75) is 6.92 Å². The van der Waals surface area contributed by atoms with Crippen LogP contribution >= 0.6 is 0 Å². The smallest absolute Gasteiger partial charge is 0.178 e. The van der Waals surface area contributed by atoms with Crippen molar-refractivity contribution in [3.05, 3.63) is 48.3 Å². The van der Waals surface area contributed by atoms with E-state index in [0.717, 1.165) is 28.1 Å². The first kappa shape index (κ1) is 13.2. The maximum Gasteiger partial charge on any atom is 0.178 e. The van der Waals surface area contributed by atoms with E-state index in [0.29, 0.717) is 11.6 Å². The lowest BCUT2D eigenvalue weighted by atomic mass is 10.00. The van der Waals surface area contributed by atoms with Crippen molar-refractivity contribution in [2.24, 2.45) is 0 Å². The lowest BCUT2D eigenvalue weighted by Crippen LogP contribution is -1.93. The number of pyridine rings is 1. The number of nitrogens with two attached hydrogens (primary N) is 1. The number of para-hydroxylation sites is 1. The van der Waals surface area contributed by atoms with Crippen LogP contribution in [0.15, 0.2) is 47.1 Å². The largest absolute Gasteiger partial charge is 0.496 e. The molecule has 1 aromatic carbocycles. The molecule has 0 spiro atoms. The van der Waals surface area contributed by atoms with Crippen LogP contribution in [-0.2, 0) is 0 Å². The first-order valence-corrected chi connectivity index (χ1v) is 6.53. The maximum atomic E-state index is 6.00. The molecule has 0 amide bonds. The van der Waals surface area contributed by atoms with E-state index in [1.807, 2.05) is 43.3 Å². The molecule has 5 heteroatoms. The van der Waals surface area contributed by atoms with Gasteiger partial charge in [-0.05, 0) is 25.1 Å². The molecule has 2 aromatic heterocycles. The molecule has 3 aromatic rings. The molecular formula is C16H15N3O2. The zero-order valence-corrected chi connectivity index (χ0v) is 11.8. The molecule has 0 fully saturated rings. The monoisotopic (exact) mass is 281 g/mol. The van der Waals surface area contributed by atoms with Gasteiger partial charge in [-0.3, -0.25) is 4.98 Å². The van der Waals surface area contributed by atoms with Crippen LogP contribution in [0.25, 0.3) is 22.5 Å². The summed E-state index contributed by atoms with van der Waals surface area (Å²) in [6, 6.07) is 11.4. The molecule has 0 aliphatic rings. The van der Waals surface area contributed by atoms with Gasteiger partial charge in [0.15, 0.2) is 11.6 Å². The lowest BCUT2D eigenvalue weighted by molar-refractivity contribution is 0.416. The van der Waals surface area contributed by atoms with Crippen molar-refractivity contribution in [1.82, 2.24) is 10.1 Å². The second kappa shape index (κ2) is 5.28. The predicted molar refractivity (Wildman–Crippen MR) is 80.9 cm³/mol. The van der Waals surface area contributed by atoms with E-state index in [1.165, 1.54) is 0 Å². The number of aryl methyl sites for hydroxylation is 1. The number of aromatic nitrogens is 2. The Morgan fingerprint density at radius 3 is 2.62 bits per heavy atom. The van der Waals surface area contributed by atoms with Gasteiger partial charge in [0.2, 0.25) is 0 Å². The standard InChI is InChI=1S/C16H15N3O2/c1-10-11(7-5-9-18-10)15-14(16(17)19-21-15)12-6-3-4-8-13(12)20-2/h3-9H,1-2H3,(H2,17,19). The molecule has 2 N–H and O–H groups in total. The third-order valence-electron chi connectivity index (χ3n) is 3.35. The van der Waals surface area contributed by atoms with Gasteiger partial charge in [0, 0.05) is 23.0 Å². The van der Waals surface area contributed by atoms with Gasteiger partial charge in [0.05, 0.1) is 12.7 Å². The van der Waals surface area contributed by atoms with E-state index < -0.39 is 0 Å². The van der Waals surface area contributed by atoms with Gasteiger partial charge in [0.25, 0.3) is 0 Å². The van der Waals surface area contributed by atoms with Crippen molar-refractivity contribution < 1.29 is 9.26 Å². The maximum absolute atomic E-state index is 6.00.